The highest BCUT2D eigenvalue weighted by Crippen LogP contribution is 2.13. The minimum atomic E-state index is 0.758. The zero-order valence-electron chi connectivity index (χ0n) is 13.1. The van der Waals surface area contributed by atoms with E-state index in [0.717, 1.165) is 50.6 Å². The van der Waals surface area contributed by atoms with E-state index in [2.05, 4.69) is 30.8 Å². The van der Waals surface area contributed by atoms with Crippen LogP contribution in [0.4, 0.5) is 5.69 Å². The molecule has 0 saturated heterocycles. The Hall–Kier alpha value is -1.26. The van der Waals surface area contributed by atoms with Gasteiger partial charge in [0.05, 0.1) is 6.61 Å². The first-order valence-corrected chi connectivity index (χ1v) is 7.47. The van der Waals surface area contributed by atoms with Gasteiger partial charge in [-0.25, -0.2) is 0 Å². The number of nitrogens with zero attached hydrogens (tertiary/aromatic N) is 2. The molecule has 1 aromatic rings. The molecule has 0 aromatic heterocycles. The number of hydrogen-bond donors (Lipinski definition) is 1. The summed E-state index contributed by atoms with van der Waals surface area (Å²) in [5, 5.41) is 0. The molecular formula is C16H29N3O. The molecule has 4 nitrogen and oxygen atoms in total. The van der Waals surface area contributed by atoms with Crippen molar-refractivity contribution >= 4 is 5.69 Å². The molecule has 20 heavy (non-hydrogen) atoms. The van der Waals surface area contributed by atoms with E-state index in [-0.39, 0.29) is 0 Å². The summed E-state index contributed by atoms with van der Waals surface area (Å²) in [6.45, 7) is 7.49. The maximum Gasteiger partial charge on any atom is 0.119 e. The predicted molar refractivity (Wildman–Crippen MR) is 86.3 cm³/mol. The van der Waals surface area contributed by atoms with Crippen LogP contribution < -0.4 is 10.5 Å². The largest absolute Gasteiger partial charge is 0.494 e. The highest BCUT2D eigenvalue weighted by molar-refractivity contribution is 5.41. The zero-order valence-corrected chi connectivity index (χ0v) is 13.1. The van der Waals surface area contributed by atoms with Crippen LogP contribution in [0.3, 0.4) is 0 Å². The van der Waals surface area contributed by atoms with Crippen molar-refractivity contribution in [2.75, 3.05) is 52.6 Å². The van der Waals surface area contributed by atoms with E-state index in [1.165, 1.54) is 6.42 Å². The quantitative estimate of drug-likeness (QED) is 0.527. The van der Waals surface area contributed by atoms with Crippen LogP contribution in [0.2, 0.25) is 0 Å². The smallest absolute Gasteiger partial charge is 0.119 e. The van der Waals surface area contributed by atoms with Gasteiger partial charge in [0.25, 0.3) is 0 Å². The van der Waals surface area contributed by atoms with Crippen molar-refractivity contribution in [3.8, 4) is 5.75 Å². The summed E-state index contributed by atoms with van der Waals surface area (Å²) in [4.78, 5) is 4.72. The number of ether oxygens (including phenoxy) is 1. The maximum atomic E-state index is 5.71. The Morgan fingerprint density at radius 1 is 1.00 bits per heavy atom. The molecule has 114 valence electrons. The number of nitrogens with two attached hydrogens (primary N) is 1. The topological polar surface area (TPSA) is 41.7 Å². The van der Waals surface area contributed by atoms with Crippen LogP contribution in [0.5, 0.6) is 5.75 Å². The first-order chi connectivity index (χ1) is 9.61. The molecule has 0 aliphatic heterocycles. The van der Waals surface area contributed by atoms with Gasteiger partial charge in [0, 0.05) is 12.2 Å². The third-order valence-corrected chi connectivity index (χ3v) is 3.29. The molecule has 0 heterocycles. The highest BCUT2D eigenvalue weighted by Gasteiger charge is 2.02. The average molecular weight is 279 g/mol. The SMILES string of the molecule is CCN(CCCOc1ccc(N)cc1)CCCN(C)C. The summed E-state index contributed by atoms with van der Waals surface area (Å²) >= 11 is 0. The zero-order chi connectivity index (χ0) is 14.8. The van der Waals surface area contributed by atoms with Gasteiger partial charge < -0.3 is 20.3 Å². The van der Waals surface area contributed by atoms with Gasteiger partial charge in [-0.2, -0.15) is 0 Å². The molecule has 1 aromatic carbocycles. The van der Waals surface area contributed by atoms with Crippen molar-refractivity contribution < 1.29 is 4.74 Å². The molecule has 0 unspecified atom stereocenters. The van der Waals surface area contributed by atoms with Gasteiger partial charge in [0.2, 0.25) is 0 Å². The van der Waals surface area contributed by atoms with Crippen molar-refractivity contribution in [1.29, 1.82) is 0 Å². The molecule has 0 spiro atoms. The number of nitrogen functional groups attached to an aromatic ring is 1. The minimum Gasteiger partial charge on any atom is -0.494 e. The lowest BCUT2D eigenvalue weighted by Gasteiger charge is -2.21. The van der Waals surface area contributed by atoms with E-state index in [1.54, 1.807) is 0 Å². The van der Waals surface area contributed by atoms with Crippen molar-refractivity contribution in [2.24, 2.45) is 0 Å². The summed E-state index contributed by atoms with van der Waals surface area (Å²) < 4.78 is 5.71. The second kappa shape index (κ2) is 9.61. The van der Waals surface area contributed by atoms with Gasteiger partial charge in [0.1, 0.15) is 5.75 Å². The predicted octanol–water partition coefficient (Wildman–Crippen LogP) is 2.31. The van der Waals surface area contributed by atoms with Crippen LogP contribution in [0.15, 0.2) is 24.3 Å². The van der Waals surface area contributed by atoms with E-state index >= 15 is 0 Å². The molecule has 0 atom stereocenters. The first kappa shape index (κ1) is 16.8. The molecule has 4 heteroatoms. The molecular weight excluding hydrogens is 250 g/mol. The van der Waals surface area contributed by atoms with Crippen molar-refractivity contribution in [2.45, 2.75) is 19.8 Å². The van der Waals surface area contributed by atoms with Gasteiger partial charge in [-0.15, -0.1) is 0 Å². The van der Waals surface area contributed by atoms with Gasteiger partial charge in [0.15, 0.2) is 0 Å². The molecule has 0 amide bonds. The minimum absolute atomic E-state index is 0.758. The Kier molecular flexibility index (Phi) is 8.07. The Balaban J connectivity index is 2.13. The van der Waals surface area contributed by atoms with E-state index in [1.807, 2.05) is 24.3 Å². The summed E-state index contributed by atoms with van der Waals surface area (Å²) in [7, 11) is 4.24. The Morgan fingerprint density at radius 2 is 1.65 bits per heavy atom. The van der Waals surface area contributed by atoms with Crippen LogP contribution in [0.25, 0.3) is 0 Å². The molecule has 2 N–H and O–H groups in total. The molecule has 0 fully saturated rings. The summed E-state index contributed by atoms with van der Waals surface area (Å²) in [5.41, 5.74) is 6.41. The molecule has 0 radical (unpaired) electrons. The Morgan fingerprint density at radius 3 is 2.25 bits per heavy atom. The van der Waals surface area contributed by atoms with Crippen LogP contribution in [-0.4, -0.2) is 56.7 Å². The summed E-state index contributed by atoms with van der Waals surface area (Å²) in [6.07, 6.45) is 2.28. The van der Waals surface area contributed by atoms with E-state index in [9.17, 15) is 0 Å². The number of benzene rings is 1. The molecule has 0 saturated carbocycles. The normalized spacial score (nSPS) is 11.2. The van der Waals surface area contributed by atoms with E-state index < -0.39 is 0 Å². The number of rotatable bonds is 10. The van der Waals surface area contributed by atoms with Crippen molar-refractivity contribution in [3.63, 3.8) is 0 Å². The fourth-order valence-electron chi connectivity index (χ4n) is 2.08. The lowest BCUT2D eigenvalue weighted by Crippen LogP contribution is -2.29. The van der Waals surface area contributed by atoms with Crippen LogP contribution in [0, 0.1) is 0 Å². The van der Waals surface area contributed by atoms with Gasteiger partial charge in [-0.3, -0.25) is 0 Å². The molecule has 1 rings (SSSR count). The second-order valence-electron chi connectivity index (χ2n) is 5.36. The average Bonchev–Trinajstić information content (AvgIpc) is 2.43. The fourth-order valence-corrected chi connectivity index (χ4v) is 2.08. The lowest BCUT2D eigenvalue weighted by atomic mass is 10.3. The van der Waals surface area contributed by atoms with Crippen LogP contribution in [-0.2, 0) is 0 Å². The number of anilines is 1. The molecule has 0 bridgehead atoms. The van der Waals surface area contributed by atoms with Gasteiger partial charge >= 0.3 is 0 Å². The standard InChI is InChI=1S/C16H29N3O/c1-4-19(12-5-11-18(2)3)13-6-14-20-16-9-7-15(17)8-10-16/h7-10H,4-6,11-14,17H2,1-3H3. The van der Waals surface area contributed by atoms with Gasteiger partial charge in [-0.1, -0.05) is 6.92 Å². The Labute approximate surface area is 123 Å². The van der Waals surface area contributed by atoms with Crippen molar-refractivity contribution in [1.82, 2.24) is 9.80 Å². The van der Waals surface area contributed by atoms with Crippen molar-refractivity contribution in [3.05, 3.63) is 24.3 Å². The van der Waals surface area contributed by atoms with E-state index in [0.29, 0.717) is 0 Å². The molecule has 0 aliphatic carbocycles. The molecule has 0 aliphatic rings. The van der Waals surface area contributed by atoms with Gasteiger partial charge in [-0.05, 0) is 70.8 Å². The summed E-state index contributed by atoms with van der Waals surface area (Å²) in [5.74, 6) is 0.898. The van der Waals surface area contributed by atoms with E-state index in [4.69, 9.17) is 10.5 Å². The first-order valence-electron chi connectivity index (χ1n) is 7.47. The third kappa shape index (κ3) is 7.36. The maximum absolute atomic E-state index is 5.71. The van der Waals surface area contributed by atoms with Crippen LogP contribution in [0.1, 0.15) is 19.8 Å². The van der Waals surface area contributed by atoms with Crippen LogP contribution >= 0.6 is 0 Å². The number of hydrogen-bond acceptors (Lipinski definition) is 4. The lowest BCUT2D eigenvalue weighted by molar-refractivity contribution is 0.232. The third-order valence-electron chi connectivity index (χ3n) is 3.29. The monoisotopic (exact) mass is 279 g/mol. The fraction of sp³-hybridized carbons (Fsp3) is 0.625. The highest BCUT2D eigenvalue weighted by atomic mass is 16.5. The Bertz CT molecular complexity index is 351. The second-order valence-corrected chi connectivity index (χ2v) is 5.36. The summed E-state index contributed by atoms with van der Waals surface area (Å²) in [6, 6.07) is 7.58.